The second-order valence-electron chi connectivity index (χ2n) is 32.1. The van der Waals surface area contributed by atoms with E-state index in [0.29, 0.717) is 122 Å². The summed E-state index contributed by atoms with van der Waals surface area (Å²) in [6.07, 6.45) is 4.82. The highest BCUT2D eigenvalue weighted by Crippen LogP contribution is 2.29. The van der Waals surface area contributed by atoms with Crippen molar-refractivity contribution in [3.63, 3.8) is 0 Å². The molecule has 0 bridgehead atoms. The largest absolute Gasteiger partial charge is 0.487 e. The van der Waals surface area contributed by atoms with Crippen molar-refractivity contribution in [2.45, 2.75) is 227 Å². The van der Waals surface area contributed by atoms with Crippen molar-refractivity contribution in [3.8, 4) is 17.2 Å². The van der Waals surface area contributed by atoms with Crippen LogP contribution in [0.15, 0.2) is 91.4 Å². The van der Waals surface area contributed by atoms with Gasteiger partial charge in [0.25, 0.3) is 17.7 Å². The van der Waals surface area contributed by atoms with Crippen LogP contribution in [0.3, 0.4) is 0 Å². The Balaban J connectivity index is 0.722. The summed E-state index contributed by atoms with van der Waals surface area (Å²) in [5.41, 5.74) is 0.832. The number of benzene rings is 3. The number of carbonyl (C=O) groups excluding carboxylic acids is 7. The van der Waals surface area contributed by atoms with Gasteiger partial charge in [0.2, 0.25) is 23.6 Å². The number of hydrogen-bond donors (Lipinski definition) is 17. The number of nitrogens with one attached hydrogen (secondary N) is 7. The molecule has 129 heavy (non-hydrogen) atoms. The van der Waals surface area contributed by atoms with E-state index >= 15 is 0 Å². The molecule has 3 fully saturated rings. The monoisotopic (exact) mass is 1810 g/mol. The van der Waals surface area contributed by atoms with Gasteiger partial charge in [-0.05, 0) is 106 Å². The number of hydrogen-bond acceptors (Lipinski definition) is 32. The Labute approximate surface area is 746 Å². The van der Waals surface area contributed by atoms with Gasteiger partial charge in [0.15, 0.2) is 0 Å². The Bertz CT molecular complexity index is 4000. The molecule has 43 nitrogen and oxygen atoms in total. The van der Waals surface area contributed by atoms with Gasteiger partial charge in [-0.1, -0.05) is 78.8 Å². The fourth-order valence-electron chi connectivity index (χ4n) is 14.4. The fourth-order valence-corrected chi connectivity index (χ4v) is 14.4. The first-order valence-electron chi connectivity index (χ1n) is 44.1. The summed E-state index contributed by atoms with van der Waals surface area (Å²) in [6.45, 7) is -0.646. The molecule has 6 aromatic rings. The number of aliphatic hydroxyl groups is 9. The molecular weight excluding hydrogens is 1690 g/mol. The van der Waals surface area contributed by atoms with Crippen LogP contribution < -0.4 is 51.4 Å². The molecule has 43 heteroatoms. The smallest absolute Gasteiger partial charge is 0.303 e. The molecule has 0 unspecified atom stereocenters. The van der Waals surface area contributed by atoms with Gasteiger partial charge in [0.1, 0.15) is 133 Å². The topological polar surface area (TPSA) is 598 Å². The minimum atomic E-state index is -1.39. The highest BCUT2D eigenvalue weighted by atomic mass is 16.5. The summed E-state index contributed by atoms with van der Waals surface area (Å²) in [5, 5.41) is 145. The van der Waals surface area contributed by atoms with Crippen LogP contribution in [0.2, 0.25) is 0 Å². The van der Waals surface area contributed by atoms with Crippen molar-refractivity contribution >= 4 is 47.3 Å². The lowest BCUT2D eigenvalue weighted by Gasteiger charge is -2.36. The number of amides is 7. The number of rotatable bonds is 61. The van der Waals surface area contributed by atoms with Crippen LogP contribution in [-0.4, -0.2) is 322 Å². The van der Waals surface area contributed by atoms with Crippen LogP contribution in [0.1, 0.15) is 195 Å². The van der Waals surface area contributed by atoms with E-state index < -0.39 is 104 Å². The lowest BCUT2D eigenvalue weighted by Crippen LogP contribution is -2.58. The van der Waals surface area contributed by atoms with E-state index in [1.54, 1.807) is 91.4 Å². The Hall–Kier alpha value is -10.4. The summed E-state index contributed by atoms with van der Waals surface area (Å²) >= 11 is 0. The molecule has 7 amide bonds. The molecule has 17 N–H and O–H groups in total. The fraction of sp³-hybridized carbons (Fsp3) is 0.628. The first-order chi connectivity index (χ1) is 62.5. The lowest BCUT2D eigenvalue weighted by molar-refractivity contribution is -0.171. The number of carboxylic acids is 1. The van der Waals surface area contributed by atoms with Crippen LogP contribution in [0.4, 0.5) is 0 Å². The Morgan fingerprint density at radius 3 is 0.969 bits per heavy atom. The van der Waals surface area contributed by atoms with E-state index in [4.69, 9.17) is 47.7 Å². The van der Waals surface area contributed by atoms with Gasteiger partial charge in [-0.2, -0.15) is 0 Å². The third kappa shape index (κ3) is 34.8. The van der Waals surface area contributed by atoms with Crippen LogP contribution in [0.25, 0.3) is 0 Å². The maximum atomic E-state index is 14.1. The van der Waals surface area contributed by atoms with E-state index in [1.807, 2.05) is 0 Å². The molecule has 3 aromatic heterocycles. The molecular formula is C86H126N16O27. The van der Waals surface area contributed by atoms with Crippen molar-refractivity contribution in [1.82, 2.24) is 82.2 Å². The van der Waals surface area contributed by atoms with E-state index in [-0.39, 0.29) is 172 Å². The lowest BCUT2D eigenvalue weighted by atomic mass is 9.98. The van der Waals surface area contributed by atoms with Crippen LogP contribution in [-0.2, 0) is 72.2 Å². The number of aliphatic hydroxyl groups excluding tert-OH is 9. The van der Waals surface area contributed by atoms with Gasteiger partial charge in [0, 0.05) is 88.1 Å². The zero-order chi connectivity index (χ0) is 92.1. The molecule has 12 atom stereocenters. The van der Waals surface area contributed by atoms with Crippen LogP contribution >= 0.6 is 0 Å². The molecule has 0 radical (unpaired) electrons. The summed E-state index contributed by atoms with van der Waals surface area (Å²) < 4.78 is 56.7. The van der Waals surface area contributed by atoms with Crippen molar-refractivity contribution in [2.75, 3.05) is 119 Å². The van der Waals surface area contributed by atoms with Crippen molar-refractivity contribution in [2.24, 2.45) is 0 Å². The molecule has 0 spiro atoms. The van der Waals surface area contributed by atoms with Gasteiger partial charge >= 0.3 is 5.97 Å². The molecule has 3 saturated heterocycles. The number of ether oxygens (including phenoxy) is 9. The maximum Gasteiger partial charge on any atom is 0.303 e. The predicted molar refractivity (Wildman–Crippen MR) is 455 cm³/mol. The zero-order valence-electron chi connectivity index (χ0n) is 72.5. The first kappa shape index (κ1) is 102. The zero-order valence-corrected chi connectivity index (χ0v) is 72.5. The van der Waals surface area contributed by atoms with Gasteiger partial charge in [-0.15, -0.1) is 15.3 Å². The highest BCUT2D eigenvalue weighted by Gasteiger charge is 2.43. The summed E-state index contributed by atoms with van der Waals surface area (Å²) in [5.74, 6) is -2.04. The number of carboxylic acid groups (broad SMARTS) is 1. The van der Waals surface area contributed by atoms with Crippen LogP contribution in [0, 0.1) is 0 Å². The van der Waals surface area contributed by atoms with Crippen LogP contribution in [0.5, 0.6) is 17.2 Å². The quantitative estimate of drug-likeness (QED) is 0.0222. The minimum Gasteiger partial charge on any atom is -0.487 e. The number of nitrogens with zero attached hydrogens (tertiary/aromatic N) is 9. The second-order valence-corrected chi connectivity index (χ2v) is 32.1. The standard InChI is InChI=1S/C86H126N16O27/c103-45-69-80(115)77(112)66(51-127-69)100-42-60(94-97-100)48-124-63-22-16-19-57(39-63)83(118)90-33-13-10-30-87-72(106)27-36-121-54-86(93-75(109)25-8-6-4-2-1-3-5-7-9-26-76(110)111,55-122-37-28-73(107)88-31-11-14-34-91-84(119)58-20-17-23-64(40-58)125-49-61-43-101(98-95-61)67-52-128-70(46-104)81(116)78(67)113)56-123-38-29-74(108)89-32-12-15-35-92-85(120)59-21-18-24-65(41-59)126-50-62-44-102(99-96-62)68-53-129-71(47-105)82(117)79(68)114/h16-24,39-44,66-71,77-82,103-105,112-117H,1-15,25-38,45-56H2,(H,87,106)(H,88,107)(H,89,108)(H,90,118)(H,91,119)(H,92,120)(H,93,109)(H,110,111)/t66-,67-,68-,69+,70+,71+,77+,78+,79+,80-,81-,82-/m0/s1. The van der Waals surface area contributed by atoms with Gasteiger partial charge in [-0.3, -0.25) is 38.4 Å². The minimum absolute atomic E-state index is 0.00954. The van der Waals surface area contributed by atoms with Gasteiger partial charge in [0.05, 0.1) is 97.9 Å². The second kappa shape index (κ2) is 55.6. The molecule has 9 rings (SSSR count). The average Bonchev–Trinajstić information content (AvgIpc) is 1.80. The number of aliphatic carboxylic acids is 1. The highest BCUT2D eigenvalue weighted by molar-refractivity contribution is 5.95. The number of unbranched alkanes of at least 4 members (excludes halogenated alkanes) is 11. The van der Waals surface area contributed by atoms with Crippen molar-refractivity contribution in [1.29, 1.82) is 0 Å². The van der Waals surface area contributed by atoms with E-state index in [9.17, 15) is 84.3 Å². The third-order valence-corrected chi connectivity index (χ3v) is 21.9. The average molecular weight is 1820 g/mol. The molecule has 6 heterocycles. The summed E-state index contributed by atoms with van der Waals surface area (Å²) in [6, 6.07) is 17.4. The Morgan fingerprint density at radius 2 is 0.667 bits per heavy atom. The Morgan fingerprint density at radius 1 is 0.372 bits per heavy atom. The van der Waals surface area contributed by atoms with E-state index in [0.717, 1.165) is 44.9 Å². The predicted octanol–water partition coefficient (Wildman–Crippen LogP) is -0.110. The van der Waals surface area contributed by atoms with Gasteiger partial charge in [-0.25, -0.2) is 14.0 Å². The van der Waals surface area contributed by atoms with E-state index in [1.165, 1.54) is 14.0 Å². The maximum absolute atomic E-state index is 14.1. The summed E-state index contributed by atoms with van der Waals surface area (Å²) in [7, 11) is 0. The molecule has 712 valence electrons. The van der Waals surface area contributed by atoms with E-state index in [2.05, 4.69) is 68.2 Å². The first-order valence-corrected chi connectivity index (χ1v) is 44.1. The molecule has 0 aliphatic carbocycles. The number of aromatic nitrogens is 9. The van der Waals surface area contributed by atoms with Crippen molar-refractivity contribution < 1.29 is 132 Å². The SMILES string of the molecule is O=C(O)CCCCCCCCCCCC(=O)NC(COCCC(=O)NCCCCNC(=O)c1cccc(OCc2cn([C@H]3CO[C@H](CO)[C@H](O)[C@@H]3O)nn2)c1)(COCCC(=O)NCCCCNC(=O)c1cccc(OCc2cn([C@H]3CO[C@H](CO)[C@H](O)[C@@H]3O)nn2)c1)COCCC(=O)NCCCCNC(=O)c1cccc(OCc2cn([C@H]3CO[C@H](CO)[C@H](O)[C@@H]3O)nn2)c1. The normalized spacial score (nSPS) is 20.4. The summed E-state index contributed by atoms with van der Waals surface area (Å²) in [4.78, 5) is 104. The van der Waals surface area contributed by atoms with Crippen molar-refractivity contribution in [3.05, 3.63) is 125 Å². The Kier molecular flexibility index (Phi) is 44.1. The molecule has 3 aliphatic heterocycles. The number of carbonyl (C=O) groups is 8. The molecule has 3 aliphatic rings. The third-order valence-electron chi connectivity index (χ3n) is 21.9. The molecule has 3 aromatic carbocycles. The molecule has 0 saturated carbocycles. The van der Waals surface area contributed by atoms with Gasteiger partial charge < -0.3 is 131 Å².